The van der Waals surface area contributed by atoms with Crippen molar-refractivity contribution in [2.75, 3.05) is 13.1 Å². The number of carboxylic acids is 1. The van der Waals surface area contributed by atoms with Gasteiger partial charge in [0.05, 0.1) is 6.04 Å². The number of nitrogens with zero attached hydrogens (tertiary/aromatic N) is 2. The number of nitrogens with two attached hydrogens (primary N) is 1. The van der Waals surface area contributed by atoms with Gasteiger partial charge in [-0.3, -0.25) is 19.2 Å². The lowest BCUT2D eigenvalue weighted by molar-refractivity contribution is -0.149. The van der Waals surface area contributed by atoms with Gasteiger partial charge >= 0.3 is 5.97 Å². The van der Waals surface area contributed by atoms with E-state index in [0.717, 1.165) is 5.56 Å². The number of hydrogen-bond donors (Lipinski definition) is 4. The van der Waals surface area contributed by atoms with E-state index >= 15 is 0 Å². The molecule has 5 N–H and O–H groups in total. The Kier molecular flexibility index (Phi) is 10.7. The maximum Gasteiger partial charge on any atom is 0.326 e. The van der Waals surface area contributed by atoms with E-state index in [1.807, 2.05) is 33.8 Å². The van der Waals surface area contributed by atoms with E-state index in [9.17, 15) is 29.1 Å². The molecule has 0 saturated carbocycles. The SMILES string of the molecule is CC(C)[C@H](N)C(=O)N[C@H](C(=O)N1CCC[C@H]1C(=O)N1CCC[C@H]1C(=O)N[C@@H](Cc1ccccc1)C(=O)O)C(C)C. The second-order valence-corrected chi connectivity index (χ2v) is 11.5. The minimum atomic E-state index is -1.15. The molecule has 1 aromatic carbocycles. The van der Waals surface area contributed by atoms with E-state index in [-0.39, 0.29) is 30.1 Å². The number of amides is 4. The first-order valence-corrected chi connectivity index (χ1v) is 14.2. The summed E-state index contributed by atoms with van der Waals surface area (Å²) < 4.78 is 0. The van der Waals surface area contributed by atoms with Gasteiger partial charge in [-0.15, -0.1) is 0 Å². The average Bonchev–Trinajstić information content (AvgIpc) is 3.60. The van der Waals surface area contributed by atoms with Crippen LogP contribution in [-0.4, -0.2) is 87.8 Å². The number of carbonyl (C=O) groups excluding carboxylic acids is 4. The third kappa shape index (κ3) is 7.38. The second-order valence-electron chi connectivity index (χ2n) is 11.5. The van der Waals surface area contributed by atoms with Gasteiger partial charge < -0.3 is 31.3 Å². The van der Waals surface area contributed by atoms with Crippen LogP contribution in [0.25, 0.3) is 0 Å². The van der Waals surface area contributed by atoms with Crippen molar-refractivity contribution in [1.82, 2.24) is 20.4 Å². The van der Waals surface area contributed by atoms with Crippen molar-refractivity contribution in [3.8, 4) is 0 Å². The summed E-state index contributed by atoms with van der Waals surface area (Å²) in [7, 11) is 0. The molecule has 1 aromatic rings. The summed E-state index contributed by atoms with van der Waals surface area (Å²) in [5, 5.41) is 15.1. The van der Waals surface area contributed by atoms with Crippen LogP contribution in [0, 0.1) is 11.8 Å². The fourth-order valence-electron chi connectivity index (χ4n) is 5.34. The molecule has 0 spiro atoms. The van der Waals surface area contributed by atoms with Crippen molar-refractivity contribution in [3.63, 3.8) is 0 Å². The molecule has 0 unspecified atom stereocenters. The largest absolute Gasteiger partial charge is 0.480 e. The molecule has 0 aliphatic carbocycles. The summed E-state index contributed by atoms with van der Waals surface area (Å²) >= 11 is 0. The summed E-state index contributed by atoms with van der Waals surface area (Å²) in [6.07, 6.45) is 2.20. The zero-order valence-corrected chi connectivity index (χ0v) is 23.8. The van der Waals surface area contributed by atoms with Crippen molar-refractivity contribution in [2.24, 2.45) is 17.6 Å². The van der Waals surface area contributed by atoms with Gasteiger partial charge in [0.25, 0.3) is 0 Å². The molecule has 0 bridgehead atoms. The van der Waals surface area contributed by atoms with Gasteiger partial charge in [-0.05, 0) is 43.1 Å². The Hall–Kier alpha value is -3.47. The Morgan fingerprint density at radius 1 is 0.900 bits per heavy atom. The first-order chi connectivity index (χ1) is 18.9. The standard InChI is InChI=1S/C29H43N5O6/c1-17(2)23(30)26(36)32-24(18(3)4)28(38)34-15-9-13-22(34)27(37)33-14-8-12-21(33)25(35)31-20(29(39)40)16-19-10-6-5-7-11-19/h5-7,10-11,17-18,20-24H,8-9,12-16,30H2,1-4H3,(H,31,35)(H,32,36)(H,39,40)/t20-,21-,22-,23-,24-/m0/s1. The fraction of sp³-hybridized carbons (Fsp3) is 0.621. The van der Waals surface area contributed by atoms with Crippen molar-refractivity contribution < 1.29 is 29.1 Å². The highest BCUT2D eigenvalue weighted by molar-refractivity contribution is 5.96. The molecule has 11 nitrogen and oxygen atoms in total. The van der Waals surface area contributed by atoms with Crippen LogP contribution in [0.3, 0.4) is 0 Å². The lowest BCUT2D eigenvalue weighted by atomic mass is 9.99. The summed E-state index contributed by atoms with van der Waals surface area (Å²) in [6, 6.07) is 4.73. The molecule has 2 fully saturated rings. The molecule has 4 amide bonds. The van der Waals surface area contributed by atoms with Crippen LogP contribution in [0.4, 0.5) is 0 Å². The number of rotatable bonds is 11. The van der Waals surface area contributed by atoms with Gasteiger partial charge in [0.2, 0.25) is 23.6 Å². The molecule has 0 radical (unpaired) electrons. The maximum atomic E-state index is 13.7. The fourth-order valence-corrected chi connectivity index (χ4v) is 5.34. The minimum Gasteiger partial charge on any atom is -0.480 e. The summed E-state index contributed by atoms with van der Waals surface area (Å²) in [5.74, 6) is -3.08. The lowest BCUT2D eigenvalue weighted by Crippen LogP contribution is -2.59. The highest BCUT2D eigenvalue weighted by atomic mass is 16.4. The number of aliphatic carboxylic acids is 1. The molecular weight excluding hydrogens is 514 g/mol. The lowest BCUT2D eigenvalue weighted by Gasteiger charge is -2.34. The van der Waals surface area contributed by atoms with Crippen LogP contribution < -0.4 is 16.4 Å². The number of hydrogen-bond acceptors (Lipinski definition) is 6. The smallest absolute Gasteiger partial charge is 0.326 e. The third-order valence-electron chi connectivity index (χ3n) is 7.81. The van der Waals surface area contributed by atoms with Crippen molar-refractivity contribution in [2.45, 2.75) is 90.0 Å². The van der Waals surface area contributed by atoms with E-state index in [1.54, 1.807) is 24.3 Å². The normalized spacial score (nSPS) is 21.3. The molecule has 2 aliphatic rings. The highest BCUT2D eigenvalue weighted by Crippen LogP contribution is 2.26. The van der Waals surface area contributed by atoms with Crippen molar-refractivity contribution >= 4 is 29.6 Å². The van der Waals surface area contributed by atoms with E-state index in [4.69, 9.17) is 5.73 Å². The Morgan fingerprint density at radius 2 is 1.50 bits per heavy atom. The van der Waals surface area contributed by atoms with Gasteiger partial charge in [-0.25, -0.2) is 4.79 Å². The molecule has 11 heteroatoms. The molecule has 40 heavy (non-hydrogen) atoms. The van der Waals surface area contributed by atoms with Gasteiger partial charge in [-0.2, -0.15) is 0 Å². The van der Waals surface area contributed by atoms with Gasteiger partial charge in [0.15, 0.2) is 0 Å². The predicted octanol–water partition coefficient (Wildman–Crippen LogP) is 0.905. The van der Waals surface area contributed by atoms with E-state index < -0.39 is 48.0 Å². The molecule has 3 rings (SSSR count). The molecule has 2 heterocycles. The van der Waals surface area contributed by atoms with Crippen LogP contribution >= 0.6 is 0 Å². The minimum absolute atomic E-state index is 0.101. The van der Waals surface area contributed by atoms with Crippen LogP contribution in [0.2, 0.25) is 0 Å². The molecule has 220 valence electrons. The van der Waals surface area contributed by atoms with E-state index in [0.29, 0.717) is 38.8 Å². The number of likely N-dealkylation sites (tertiary alicyclic amines) is 2. The molecule has 5 atom stereocenters. The Labute approximate surface area is 235 Å². The topological polar surface area (TPSA) is 162 Å². The highest BCUT2D eigenvalue weighted by Gasteiger charge is 2.44. The van der Waals surface area contributed by atoms with Crippen molar-refractivity contribution in [1.29, 1.82) is 0 Å². The average molecular weight is 558 g/mol. The number of benzene rings is 1. The van der Waals surface area contributed by atoms with Crippen LogP contribution in [-0.2, 0) is 30.4 Å². The second kappa shape index (κ2) is 13.7. The van der Waals surface area contributed by atoms with Crippen LogP contribution in [0.1, 0.15) is 58.9 Å². The maximum absolute atomic E-state index is 13.7. The van der Waals surface area contributed by atoms with Crippen LogP contribution in [0.5, 0.6) is 0 Å². The molecule has 0 aromatic heterocycles. The molecule has 2 saturated heterocycles. The van der Waals surface area contributed by atoms with Crippen LogP contribution in [0.15, 0.2) is 30.3 Å². The molecular formula is C29H43N5O6. The Bertz CT molecular complexity index is 1080. The number of nitrogens with one attached hydrogen (secondary N) is 2. The van der Waals surface area contributed by atoms with Gasteiger partial charge in [-0.1, -0.05) is 58.0 Å². The quantitative estimate of drug-likeness (QED) is 0.314. The first kappa shape index (κ1) is 31.1. The monoisotopic (exact) mass is 557 g/mol. The number of carboxylic acid groups (broad SMARTS) is 1. The summed E-state index contributed by atoms with van der Waals surface area (Å²) in [4.78, 5) is 68.1. The zero-order chi connectivity index (χ0) is 29.6. The first-order valence-electron chi connectivity index (χ1n) is 14.2. The van der Waals surface area contributed by atoms with Gasteiger partial charge in [0.1, 0.15) is 24.2 Å². The summed E-state index contributed by atoms with van der Waals surface area (Å²) in [5.41, 5.74) is 6.76. The van der Waals surface area contributed by atoms with Crippen molar-refractivity contribution in [3.05, 3.63) is 35.9 Å². The zero-order valence-electron chi connectivity index (χ0n) is 23.8. The summed E-state index contributed by atoms with van der Waals surface area (Å²) in [6.45, 7) is 8.02. The Balaban J connectivity index is 1.71. The van der Waals surface area contributed by atoms with E-state index in [2.05, 4.69) is 10.6 Å². The third-order valence-corrected chi connectivity index (χ3v) is 7.81. The van der Waals surface area contributed by atoms with Gasteiger partial charge in [0, 0.05) is 19.5 Å². The Morgan fingerprint density at radius 3 is 2.08 bits per heavy atom. The van der Waals surface area contributed by atoms with E-state index in [1.165, 1.54) is 9.80 Å². The predicted molar refractivity (Wildman–Crippen MR) is 149 cm³/mol. The number of carbonyl (C=O) groups is 5. The molecule has 2 aliphatic heterocycles.